The standard InChI is InChI=1S/C18H22N2O2S/c1-14-3-8-17(23-14)18(21)19(2)13-15-4-6-16(7-5-15)20-9-11-22-12-10-20/h3-8H,9-13H2,1-2H3. The summed E-state index contributed by atoms with van der Waals surface area (Å²) in [6, 6.07) is 12.4. The van der Waals surface area contributed by atoms with Gasteiger partial charge in [-0.05, 0) is 36.8 Å². The Kier molecular flexibility index (Phi) is 4.98. The van der Waals surface area contributed by atoms with Gasteiger partial charge < -0.3 is 14.5 Å². The molecule has 0 saturated carbocycles. The van der Waals surface area contributed by atoms with Crippen molar-refractivity contribution in [2.24, 2.45) is 0 Å². The molecule has 1 fully saturated rings. The first-order chi connectivity index (χ1) is 11.1. The molecule has 5 heteroatoms. The van der Waals surface area contributed by atoms with Gasteiger partial charge in [-0.2, -0.15) is 0 Å². The van der Waals surface area contributed by atoms with Crippen LogP contribution in [0.5, 0.6) is 0 Å². The number of rotatable bonds is 4. The number of thiophene rings is 1. The first kappa shape index (κ1) is 16.0. The summed E-state index contributed by atoms with van der Waals surface area (Å²) in [7, 11) is 1.85. The number of anilines is 1. The lowest BCUT2D eigenvalue weighted by Crippen LogP contribution is -2.36. The smallest absolute Gasteiger partial charge is 0.263 e. The summed E-state index contributed by atoms with van der Waals surface area (Å²) in [5.41, 5.74) is 2.37. The Hall–Kier alpha value is -1.85. The van der Waals surface area contributed by atoms with Crippen LogP contribution >= 0.6 is 11.3 Å². The van der Waals surface area contributed by atoms with Crippen LogP contribution in [0.3, 0.4) is 0 Å². The van der Waals surface area contributed by atoms with Gasteiger partial charge in [0.2, 0.25) is 0 Å². The summed E-state index contributed by atoms with van der Waals surface area (Å²) in [6.45, 7) is 6.11. The van der Waals surface area contributed by atoms with Crippen LogP contribution in [0, 0.1) is 6.92 Å². The second-order valence-electron chi connectivity index (χ2n) is 5.84. The molecule has 1 amide bonds. The highest BCUT2D eigenvalue weighted by Crippen LogP contribution is 2.20. The molecule has 2 heterocycles. The van der Waals surface area contributed by atoms with Gasteiger partial charge in [-0.3, -0.25) is 4.79 Å². The summed E-state index contributed by atoms with van der Waals surface area (Å²) >= 11 is 1.55. The highest BCUT2D eigenvalue weighted by atomic mass is 32.1. The lowest BCUT2D eigenvalue weighted by Gasteiger charge is -2.29. The lowest BCUT2D eigenvalue weighted by atomic mass is 10.1. The average molecular weight is 330 g/mol. The van der Waals surface area contributed by atoms with E-state index in [1.807, 2.05) is 26.1 Å². The number of ether oxygens (including phenoxy) is 1. The molecule has 0 N–H and O–H groups in total. The molecule has 1 aliphatic heterocycles. The molecule has 122 valence electrons. The van der Waals surface area contributed by atoms with E-state index >= 15 is 0 Å². The van der Waals surface area contributed by atoms with Gasteiger partial charge in [0, 0.05) is 37.2 Å². The third kappa shape index (κ3) is 3.92. The van der Waals surface area contributed by atoms with Gasteiger partial charge in [-0.25, -0.2) is 0 Å². The molecule has 1 aromatic carbocycles. The Morgan fingerprint density at radius 1 is 1.17 bits per heavy atom. The molecule has 0 unspecified atom stereocenters. The number of hydrogen-bond acceptors (Lipinski definition) is 4. The maximum atomic E-state index is 12.4. The molecule has 0 spiro atoms. The van der Waals surface area contributed by atoms with Crippen molar-refractivity contribution >= 4 is 22.9 Å². The van der Waals surface area contributed by atoms with E-state index < -0.39 is 0 Å². The summed E-state index contributed by atoms with van der Waals surface area (Å²) in [5.74, 6) is 0.0837. The Bertz CT molecular complexity index is 660. The number of carbonyl (C=O) groups excluding carboxylic acids is 1. The van der Waals surface area contributed by atoms with Crippen molar-refractivity contribution in [2.75, 3.05) is 38.3 Å². The quantitative estimate of drug-likeness (QED) is 0.863. The van der Waals surface area contributed by atoms with Crippen molar-refractivity contribution in [3.05, 3.63) is 51.7 Å². The third-order valence-corrected chi connectivity index (χ3v) is 5.02. The van der Waals surface area contributed by atoms with Crippen LogP contribution in [-0.4, -0.2) is 44.2 Å². The van der Waals surface area contributed by atoms with E-state index in [1.54, 1.807) is 16.2 Å². The summed E-state index contributed by atoms with van der Waals surface area (Å²) in [5, 5.41) is 0. The predicted octanol–water partition coefficient (Wildman–Crippen LogP) is 3.17. The van der Waals surface area contributed by atoms with Crippen molar-refractivity contribution in [2.45, 2.75) is 13.5 Å². The zero-order chi connectivity index (χ0) is 16.2. The summed E-state index contributed by atoms with van der Waals surface area (Å²) < 4.78 is 5.38. The van der Waals surface area contributed by atoms with Crippen LogP contribution in [0.15, 0.2) is 36.4 Å². The maximum absolute atomic E-state index is 12.4. The molecule has 4 nitrogen and oxygen atoms in total. The maximum Gasteiger partial charge on any atom is 0.263 e. The minimum Gasteiger partial charge on any atom is -0.378 e. The van der Waals surface area contributed by atoms with Crippen LogP contribution in [0.25, 0.3) is 0 Å². The number of benzene rings is 1. The zero-order valence-electron chi connectivity index (χ0n) is 13.6. The molecule has 0 aliphatic carbocycles. The van der Waals surface area contributed by atoms with Gasteiger partial charge >= 0.3 is 0 Å². The molecule has 2 aromatic rings. The van der Waals surface area contributed by atoms with Gasteiger partial charge in [0.25, 0.3) is 5.91 Å². The van der Waals surface area contributed by atoms with E-state index in [0.717, 1.165) is 41.6 Å². The zero-order valence-corrected chi connectivity index (χ0v) is 14.4. The van der Waals surface area contributed by atoms with Gasteiger partial charge in [0.05, 0.1) is 18.1 Å². The predicted molar refractivity (Wildman–Crippen MR) is 94.3 cm³/mol. The van der Waals surface area contributed by atoms with Crippen molar-refractivity contribution in [1.29, 1.82) is 0 Å². The van der Waals surface area contributed by atoms with Crippen LogP contribution in [0.4, 0.5) is 5.69 Å². The van der Waals surface area contributed by atoms with Crippen molar-refractivity contribution in [3.8, 4) is 0 Å². The SMILES string of the molecule is Cc1ccc(C(=O)N(C)Cc2ccc(N3CCOCC3)cc2)s1. The van der Waals surface area contributed by atoms with Crippen LogP contribution < -0.4 is 4.90 Å². The molecular formula is C18H22N2O2S. The molecule has 1 aliphatic rings. The minimum atomic E-state index is 0.0837. The second-order valence-corrected chi connectivity index (χ2v) is 7.13. The number of amides is 1. The second kappa shape index (κ2) is 7.15. The number of nitrogens with zero attached hydrogens (tertiary/aromatic N) is 2. The summed E-state index contributed by atoms with van der Waals surface area (Å²) in [6.07, 6.45) is 0. The van der Waals surface area contributed by atoms with Crippen LogP contribution in [-0.2, 0) is 11.3 Å². The lowest BCUT2D eigenvalue weighted by molar-refractivity contribution is 0.0790. The number of aryl methyl sites for hydroxylation is 1. The fourth-order valence-electron chi connectivity index (χ4n) is 2.72. The highest BCUT2D eigenvalue weighted by molar-refractivity contribution is 7.13. The Morgan fingerprint density at radius 3 is 2.48 bits per heavy atom. The molecule has 3 rings (SSSR count). The van der Waals surface area contributed by atoms with Gasteiger partial charge in [-0.15, -0.1) is 11.3 Å². The van der Waals surface area contributed by atoms with Crippen LogP contribution in [0.1, 0.15) is 20.1 Å². The Morgan fingerprint density at radius 2 is 1.87 bits per heavy atom. The minimum absolute atomic E-state index is 0.0837. The van der Waals surface area contributed by atoms with Crippen molar-refractivity contribution < 1.29 is 9.53 Å². The number of morpholine rings is 1. The average Bonchev–Trinajstić information content (AvgIpc) is 3.02. The molecule has 0 atom stereocenters. The molecule has 23 heavy (non-hydrogen) atoms. The normalized spacial score (nSPS) is 14.8. The van der Waals surface area contributed by atoms with Gasteiger partial charge in [0.1, 0.15) is 0 Å². The summed E-state index contributed by atoms with van der Waals surface area (Å²) in [4.78, 5) is 18.5. The molecule has 1 aromatic heterocycles. The molecule has 0 bridgehead atoms. The largest absolute Gasteiger partial charge is 0.378 e. The number of hydrogen-bond donors (Lipinski definition) is 0. The van der Waals surface area contributed by atoms with Crippen molar-refractivity contribution in [3.63, 3.8) is 0 Å². The van der Waals surface area contributed by atoms with E-state index in [-0.39, 0.29) is 5.91 Å². The molecule has 0 radical (unpaired) electrons. The van der Waals surface area contributed by atoms with E-state index in [4.69, 9.17) is 4.74 Å². The van der Waals surface area contributed by atoms with Gasteiger partial charge in [0.15, 0.2) is 0 Å². The highest BCUT2D eigenvalue weighted by Gasteiger charge is 2.15. The Balaban J connectivity index is 1.62. The van der Waals surface area contributed by atoms with E-state index in [9.17, 15) is 4.79 Å². The molecular weight excluding hydrogens is 308 g/mol. The fraction of sp³-hybridized carbons (Fsp3) is 0.389. The van der Waals surface area contributed by atoms with Gasteiger partial charge in [-0.1, -0.05) is 12.1 Å². The van der Waals surface area contributed by atoms with Crippen LogP contribution in [0.2, 0.25) is 0 Å². The third-order valence-electron chi connectivity index (χ3n) is 4.03. The monoisotopic (exact) mass is 330 g/mol. The van der Waals surface area contributed by atoms with Crippen molar-refractivity contribution in [1.82, 2.24) is 4.90 Å². The first-order valence-corrected chi connectivity index (χ1v) is 8.68. The van der Waals surface area contributed by atoms with E-state index in [0.29, 0.717) is 6.54 Å². The molecule has 1 saturated heterocycles. The fourth-order valence-corrected chi connectivity index (χ4v) is 3.58. The van der Waals surface area contributed by atoms with E-state index in [2.05, 4.69) is 29.2 Å². The topological polar surface area (TPSA) is 32.8 Å². The first-order valence-electron chi connectivity index (χ1n) is 7.87. The Labute approximate surface area is 141 Å². The van der Waals surface area contributed by atoms with E-state index in [1.165, 1.54) is 5.69 Å². The number of carbonyl (C=O) groups is 1.